The summed E-state index contributed by atoms with van der Waals surface area (Å²) in [6.45, 7) is 0.672. The maximum atomic E-state index is 13.0. The SMILES string of the molecule is CN(C(=O)C1CCN(S(=O)(=O)c2cccnc2Cl)CC1)C1CCCCCCC1. The first-order chi connectivity index (χ1) is 13.4. The summed E-state index contributed by atoms with van der Waals surface area (Å²) in [5.41, 5.74) is 0. The molecule has 2 aliphatic rings. The van der Waals surface area contributed by atoms with E-state index in [0.717, 1.165) is 12.8 Å². The number of pyridine rings is 1. The van der Waals surface area contributed by atoms with E-state index >= 15 is 0 Å². The summed E-state index contributed by atoms with van der Waals surface area (Å²) in [5, 5.41) is -0.00952. The van der Waals surface area contributed by atoms with Gasteiger partial charge in [-0.05, 0) is 37.8 Å². The number of nitrogens with zero attached hydrogens (tertiary/aromatic N) is 3. The van der Waals surface area contributed by atoms with Crippen LogP contribution in [0.2, 0.25) is 5.15 Å². The maximum absolute atomic E-state index is 13.0. The summed E-state index contributed by atoms with van der Waals surface area (Å²) in [6, 6.07) is 3.37. The lowest BCUT2D eigenvalue weighted by atomic mass is 9.92. The highest BCUT2D eigenvalue weighted by Crippen LogP contribution is 2.29. The normalized spacial score (nSPS) is 21.1. The third kappa shape index (κ3) is 4.86. The molecule has 2 fully saturated rings. The van der Waals surface area contributed by atoms with Crippen molar-refractivity contribution in [1.29, 1.82) is 0 Å². The van der Waals surface area contributed by atoms with E-state index in [9.17, 15) is 13.2 Å². The molecule has 1 amide bonds. The van der Waals surface area contributed by atoms with E-state index in [4.69, 9.17) is 11.6 Å². The van der Waals surface area contributed by atoms with Gasteiger partial charge in [-0.2, -0.15) is 4.31 Å². The van der Waals surface area contributed by atoms with Crippen molar-refractivity contribution in [2.75, 3.05) is 20.1 Å². The van der Waals surface area contributed by atoms with Crippen LogP contribution < -0.4 is 0 Å². The van der Waals surface area contributed by atoms with Crippen LogP contribution in [0.5, 0.6) is 0 Å². The largest absolute Gasteiger partial charge is 0.343 e. The highest BCUT2D eigenvalue weighted by Gasteiger charge is 2.35. The number of piperidine rings is 1. The minimum absolute atomic E-state index is 0.00952. The van der Waals surface area contributed by atoms with Gasteiger partial charge in [-0.1, -0.05) is 43.7 Å². The van der Waals surface area contributed by atoms with Gasteiger partial charge in [0.15, 0.2) is 0 Å². The monoisotopic (exact) mass is 427 g/mol. The second-order valence-electron chi connectivity index (χ2n) is 7.92. The Morgan fingerprint density at radius 2 is 1.71 bits per heavy atom. The summed E-state index contributed by atoms with van der Waals surface area (Å²) in [6.07, 6.45) is 10.9. The van der Waals surface area contributed by atoms with Crippen LogP contribution in [0.3, 0.4) is 0 Å². The average Bonchev–Trinajstić information content (AvgIpc) is 2.67. The fourth-order valence-electron chi connectivity index (χ4n) is 4.34. The summed E-state index contributed by atoms with van der Waals surface area (Å²) in [5.74, 6) is 0.0632. The zero-order chi connectivity index (χ0) is 20.1. The maximum Gasteiger partial charge on any atom is 0.246 e. The molecule has 0 spiro atoms. The lowest BCUT2D eigenvalue weighted by Crippen LogP contribution is -2.46. The highest BCUT2D eigenvalue weighted by molar-refractivity contribution is 7.89. The minimum atomic E-state index is -3.68. The van der Waals surface area contributed by atoms with Crippen molar-refractivity contribution in [3.63, 3.8) is 0 Å². The van der Waals surface area contributed by atoms with Gasteiger partial charge in [-0.3, -0.25) is 4.79 Å². The number of sulfonamides is 1. The van der Waals surface area contributed by atoms with E-state index in [2.05, 4.69) is 4.98 Å². The molecule has 156 valence electrons. The molecule has 8 heteroatoms. The molecule has 1 aliphatic heterocycles. The topological polar surface area (TPSA) is 70.6 Å². The fraction of sp³-hybridized carbons (Fsp3) is 0.700. The van der Waals surface area contributed by atoms with Gasteiger partial charge in [-0.15, -0.1) is 0 Å². The van der Waals surface area contributed by atoms with Crippen molar-refractivity contribution >= 4 is 27.5 Å². The number of rotatable bonds is 4. The standard InChI is InChI=1S/C20H30ClN3O3S/c1-23(17-8-5-3-2-4-6-9-17)20(25)16-11-14-24(15-12-16)28(26,27)18-10-7-13-22-19(18)21/h7,10,13,16-17H,2-6,8-9,11-12,14-15H2,1H3. The number of carbonyl (C=O) groups excluding carboxylic acids is 1. The second-order valence-corrected chi connectivity index (χ2v) is 10.2. The molecule has 0 aromatic carbocycles. The van der Waals surface area contributed by atoms with Crippen LogP contribution in [0, 0.1) is 5.92 Å². The number of amides is 1. The Kier molecular flexibility index (Phi) is 7.34. The van der Waals surface area contributed by atoms with Gasteiger partial charge < -0.3 is 4.90 Å². The van der Waals surface area contributed by atoms with Crippen molar-refractivity contribution in [1.82, 2.24) is 14.2 Å². The predicted octanol–water partition coefficient (Wildman–Crippen LogP) is 3.71. The Morgan fingerprint density at radius 3 is 2.32 bits per heavy atom. The Morgan fingerprint density at radius 1 is 1.11 bits per heavy atom. The number of hydrogen-bond donors (Lipinski definition) is 0. The first kappa shape index (κ1) is 21.5. The third-order valence-electron chi connectivity index (χ3n) is 6.12. The smallest absolute Gasteiger partial charge is 0.246 e. The fourth-order valence-corrected chi connectivity index (χ4v) is 6.23. The van der Waals surface area contributed by atoms with Gasteiger partial charge in [0.05, 0.1) is 0 Å². The van der Waals surface area contributed by atoms with Gasteiger partial charge in [0.25, 0.3) is 0 Å². The number of halogens is 1. The molecule has 0 atom stereocenters. The predicted molar refractivity (Wildman–Crippen MR) is 110 cm³/mol. The van der Waals surface area contributed by atoms with Crippen LogP contribution in [0.15, 0.2) is 23.2 Å². The third-order valence-corrected chi connectivity index (χ3v) is 8.46. The first-order valence-electron chi connectivity index (χ1n) is 10.3. The number of aromatic nitrogens is 1. The van der Waals surface area contributed by atoms with Gasteiger partial charge in [0.2, 0.25) is 15.9 Å². The van der Waals surface area contributed by atoms with E-state index < -0.39 is 10.0 Å². The van der Waals surface area contributed by atoms with Crippen LogP contribution in [0.25, 0.3) is 0 Å². The molecule has 1 saturated heterocycles. The van der Waals surface area contributed by atoms with E-state index in [1.54, 1.807) is 6.07 Å². The molecule has 2 heterocycles. The van der Waals surface area contributed by atoms with E-state index in [-0.39, 0.29) is 21.9 Å². The molecular formula is C20H30ClN3O3S. The molecule has 0 N–H and O–H groups in total. The van der Waals surface area contributed by atoms with Crippen LogP contribution in [0.1, 0.15) is 57.8 Å². The van der Waals surface area contributed by atoms with Gasteiger partial charge >= 0.3 is 0 Å². The van der Waals surface area contributed by atoms with Gasteiger partial charge in [0.1, 0.15) is 10.0 Å². The van der Waals surface area contributed by atoms with Gasteiger partial charge in [0, 0.05) is 38.3 Å². The molecule has 1 aromatic rings. The molecule has 28 heavy (non-hydrogen) atoms. The Bertz CT molecular complexity index is 771. The van der Waals surface area contributed by atoms with Crippen molar-refractivity contribution in [3.8, 4) is 0 Å². The van der Waals surface area contributed by atoms with Crippen LogP contribution >= 0.6 is 11.6 Å². The average molecular weight is 428 g/mol. The molecule has 3 rings (SSSR count). The molecule has 1 saturated carbocycles. The Hall–Kier alpha value is -1.18. The zero-order valence-corrected chi connectivity index (χ0v) is 18.1. The minimum Gasteiger partial charge on any atom is -0.343 e. The van der Waals surface area contributed by atoms with Crippen LogP contribution in [-0.2, 0) is 14.8 Å². The van der Waals surface area contributed by atoms with E-state index in [1.165, 1.54) is 48.7 Å². The van der Waals surface area contributed by atoms with Crippen LogP contribution in [-0.4, -0.2) is 54.7 Å². The summed E-state index contributed by atoms with van der Waals surface area (Å²) < 4.78 is 27.1. The lowest BCUT2D eigenvalue weighted by Gasteiger charge is -2.36. The molecular weight excluding hydrogens is 398 g/mol. The molecule has 6 nitrogen and oxygen atoms in total. The van der Waals surface area contributed by atoms with Crippen LogP contribution in [0.4, 0.5) is 0 Å². The molecule has 0 unspecified atom stereocenters. The number of hydrogen-bond acceptors (Lipinski definition) is 4. The second kappa shape index (κ2) is 9.55. The van der Waals surface area contributed by atoms with Crippen molar-refractivity contribution < 1.29 is 13.2 Å². The van der Waals surface area contributed by atoms with E-state index in [0.29, 0.717) is 32.0 Å². The quantitative estimate of drug-likeness (QED) is 0.687. The molecule has 0 radical (unpaired) electrons. The summed E-state index contributed by atoms with van der Waals surface area (Å²) in [7, 11) is -1.75. The zero-order valence-electron chi connectivity index (χ0n) is 16.5. The summed E-state index contributed by atoms with van der Waals surface area (Å²) >= 11 is 5.98. The Balaban J connectivity index is 1.60. The number of carbonyl (C=O) groups is 1. The van der Waals surface area contributed by atoms with Crippen molar-refractivity contribution in [3.05, 3.63) is 23.5 Å². The molecule has 0 bridgehead atoms. The van der Waals surface area contributed by atoms with Crippen molar-refractivity contribution in [2.24, 2.45) is 5.92 Å². The van der Waals surface area contributed by atoms with E-state index in [1.807, 2.05) is 11.9 Å². The lowest BCUT2D eigenvalue weighted by molar-refractivity contribution is -0.138. The Labute approximate surface area is 173 Å². The van der Waals surface area contributed by atoms with Crippen molar-refractivity contribution in [2.45, 2.75) is 68.7 Å². The first-order valence-corrected chi connectivity index (χ1v) is 12.1. The highest BCUT2D eigenvalue weighted by atomic mass is 35.5. The van der Waals surface area contributed by atoms with Gasteiger partial charge in [-0.25, -0.2) is 13.4 Å². The molecule has 1 aliphatic carbocycles. The summed E-state index contributed by atoms with van der Waals surface area (Å²) in [4.78, 5) is 18.9. The molecule has 1 aromatic heterocycles.